The fraction of sp³-hybridized carbons (Fsp3) is 0.115. The second-order valence-electron chi connectivity index (χ2n) is 8.09. The van der Waals surface area contributed by atoms with Crippen LogP contribution in [0.1, 0.15) is 17.0 Å². The fourth-order valence-electron chi connectivity index (χ4n) is 4.00. The second-order valence-corrected chi connectivity index (χ2v) is 8.53. The lowest BCUT2D eigenvalue weighted by Gasteiger charge is -2.16. The standard InChI is InChI=1S/C26H18ClF3N4O2/c27-19-6-11-23-17(13-19)12-18(14-31-23)22-15-34(33-24(22)16-4-2-1-3-5-16)25(35)32-20-7-9-21(10-8-20)36-26(28,29)30/h1-14,22H,15H2,(H,32,35). The van der Waals surface area contributed by atoms with Crippen LogP contribution in [0, 0.1) is 0 Å². The van der Waals surface area contributed by atoms with Crippen LogP contribution in [0.25, 0.3) is 10.9 Å². The lowest BCUT2D eigenvalue weighted by molar-refractivity contribution is -0.274. The topological polar surface area (TPSA) is 66.8 Å². The molecule has 0 spiro atoms. The average Bonchev–Trinajstić information content (AvgIpc) is 3.30. The number of urea groups is 1. The van der Waals surface area contributed by atoms with E-state index in [0.29, 0.717) is 16.4 Å². The molecule has 1 aromatic heterocycles. The number of fused-ring (bicyclic) bond motifs is 1. The maximum atomic E-state index is 13.0. The third-order valence-corrected chi connectivity index (χ3v) is 5.86. The van der Waals surface area contributed by atoms with Gasteiger partial charge in [-0.05, 0) is 59.7 Å². The number of ether oxygens (including phenoxy) is 1. The molecule has 1 N–H and O–H groups in total. The van der Waals surface area contributed by atoms with Gasteiger partial charge in [0.25, 0.3) is 0 Å². The number of anilines is 1. The molecule has 1 aliphatic rings. The first kappa shape index (κ1) is 23.6. The van der Waals surface area contributed by atoms with E-state index in [4.69, 9.17) is 11.6 Å². The summed E-state index contributed by atoms with van der Waals surface area (Å²) in [4.78, 5) is 17.5. The van der Waals surface area contributed by atoms with Gasteiger partial charge in [-0.2, -0.15) is 5.10 Å². The van der Waals surface area contributed by atoms with Gasteiger partial charge < -0.3 is 10.1 Å². The Kier molecular flexibility index (Phi) is 6.24. The largest absolute Gasteiger partial charge is 0.573 e. The van der Waals surface area contributed by atoms with Gasteiger partial charge in [0, 0.05) is 22.3 Å². The summed E-state index contributed by atoms with van der Waals surface area (Å²) < 4.78 is 41.0. The van der Waals surface area contributed by atoms with Gasteiger partial charge in [-0.15, -0.1) is 13.2 Å². The van der Waals surface area contributed by atoms with E-state index in [9.17, 15) is 18.0 Å². The normalized spacial score (nSPS) is 15.6. The van der Waals surface area contributed by atoms with Crippen LogP contribution >= 0.6 is 11.6 Å². The van der Waals surface area contributed by atoms with Crippen LogP contribution in [0.4, 0.5) is 23.7 Å². The van der Waals surface area contributed by atoms with Crippen molar-refractivity contribution < 1.29 is 22.7 Å². The van der Waals surface area contributed by atoms with E-state index in [2.05, 4.69) is 20.1 Å². The molecule has 0 bridgehead atoms. The molecular formula is C26H18ClF3N4O2. The summed E-state index contributed by atoms with van der Waals surface area (Å²) in [5.74, 6) is -0.633. The van der Waals surface area contributed by atoms with Gasteiger partial charge in [-0.25, -0.2) is 9.80 Å². The van der Waals surface area contributed by atoms with Crippen molar-refractivity contribution in [1.82, 2.24) is 9.99 Å². The van der Waals surface area contributed by atoms with Crippen molar-refractivity contribution in [2.75, 3.05) is 11.9 Å². The molecule has 1 unspecified atom stereocenters. The van der Waals surface area contributed by atoms with Crippen molar-refractivity contribution in [2.45, 2.75) is 12.3 Å². The van der Waals surface area contributed by atoms with Crippen molar-refractivity contribution in [3.63, 3.8) is 0 Å². The Bertz CT molecular complexity index is 1440. The van der Waals surface area contributed by atoms with Gasteiger partial charge in [0.15, 0.2) is 0 Å². The molecule has 6 nitrogen and oxygen atoms in total. The van der Waals surface area contributed by atoms with E-state index in [0.717, 1.165) is 34.2 Å². The summed E-state index contributed by atoms with van der Waals surface area (Å²) in [5.41, 5.74) is 3.53. The number of nitrogens with zero attached hydrogens (tertiary/aromatic N) is 3. The molecular weight excluding hydrogens is 493 g/mol. The number of hydrogen-bond donors (Lipinski definition) is 1. The molecule has 0 radical (unpaired) electrons. The van der Waals surface area contributed by atoms with Crippen LogP contribution in [0.3, 0.4) is 0 Å². The molecule has 3 aromatic carbocycles. The Morgan fingerprint density at radius 3 is 2.50 bits per heavy atom. The van der Waals surface area contributed by atoms with Gasteiger partial charge in [0.2, 0.25) is 0 Å². The Hall–Kier alpha value is -4.11. The van der Waals surface area contributed by atoms with E-state index in [1.807, 2.05) is 48.5 Å². The summed E-state index contributed by atoms with van der Waals surface area (Å²) in [7, 11) is 0. The maximum Gasteiger partial charge on any atom is 0.573 e. The van der Waals surface area contributed by atoms with Crippen LogP contribution in [0.15, 0.2) is 90.2 Å². The quantitative estimate of drug-likeness (QED) is 0.327. The number of alkyl halides is 3. The van der Waals surface area contributed by atoms with Gasteiger partial charge in [0.1, 0.15) is 5.75 Å². The van der Waals surface area contributed by atoms with Gasteiger partial charge in [-0.3, -0.25) is 4.98 Å². The number of pyridine rings is 1. The predicted molar refractivity (Wildman–Crippen MR) is 131 cm³/mol. The van der Waals surface area contributed by atoms with E-state index in [1.165, 1.54) is 17.1 Å². The predicted octanol–water partition coefficient (Wildman–Crippen LogP) is 6.82. The molecule has 36 heavy (non-hydrogen) atoms. The third-order valence-electron chi connectivity index (χ3n) is 5.62. The van der Waals surface area contributed by atoms with Crippen molar-refractivity contribution in [2.24, 2.45) is 5.10 Å². The summed E-state index contributed by atoms with van der Waals surface area (Å²) in [5, 5.41) is 10.0. The zero-order valence-corrected chi connectivity index (χ0v) is 19.3. The first-order valence-electron chi connectivity index (χ1n) is 10.9. The number of rotatable bonds is 4. The molecule has 182 valence electrons. The van der Waals surface area contributed by atoms with E-state index < -0.39 is 12.4 Å². The first-order valence-corrected chi connectivity index (χ1v) is 11.3. The highest BCUT2D eigenvalue weighted by Crippen LogP contribution is 2.31. The number of carbonyl (C=O) groups is 1. The number of aromatic nitrogens is 1. The minimum Gasteiger partial charge on any atom is -0.406 e. The number of benzene rings is 3. The highest BCUT2D eigenvalue weighted by Gasteiger charge is 2.33. The van der Waals surface area contributed by atoms with Gasteiger partial charge in [0.05, 0.1) is 23.7 Å². The highest BCUT2D eigenvalue weighted by atomic mass is 35.5. The molecule has 2 heterocycles. The Labute approximate surface area is 209 Å². The summed E-state index contributed by atoms with van der Waals surface area (Å²) in [6, 6.07) is 21.3. The summed E-state index contributed by atoms with van der Waals surface area (Å²) in [6.07, 6.45) is -3.03. The molecule has 2 amide bonds. The molecule has 0 saturated carbocycles. The number of halogens is 4. The third kappa shape index (κ3) is 5.26. The van der Waals surface area contributed by atoms with Crippen molar-refractivity contribution in [3.05, 3.63) is 101 Å². The molecule has 4 aromatic rings. The smallest absolute Gasteiger partial charge is 0.406 e. The van der Waals surface area contributed by atoms with Crippen LogP contribution in [-0.4, -0.2) is 34.6 Å². The van der Waals surface area contributed by atoms with E-state index >= 15 is 0 Å². The van der Waals surface area contributed by atoms with Crippen molar-refractivity contribution in [3.8, 4) is 5.75 Å². The van der Waals surface area contributed by atoms with Crippen LogP contribution in [0.5, 0.6) is 5.75 Å². The number of amides is 2. The first-order chi connectivity index (χ1) is 17.2. The lowest BCUT2D eigenvalue weighted by Crippen LogP contribution is -2.30. The average molecular weight is 511 g/mol. The minimum atomic E-state index is -4.79. The maximum absolute atomic E-state index is 13.0. The SMILES string of the molecule is O=C(Nc1ccc(OC(F)(F)F)cc1)N1CC(c2cnc3ccc(Cl)cc3c2)C(c2ccccc2)=N1. The van der Waals surface area contributed by atoms with Gasteiger partial charge in [-0.1, -0.05) is 41.9 Å². The molecule has 0 fully saturated rings. The van der Waals surface area contributed by atoms with Crippen LogP contribution in [-0.2, 0) is 0 Å². The Morgan fingerprint density at radius 2 is 1.78 bits per heavy atom. The lowest BCUT2D eigenvalue weighted by atomic mass is 9.91. The molecule has 0 aliphatic carbocycles. The van der Waals surface area contributed by atoms with Crippen LogP contribution < -0.4 is 10.1 Å². The van der Waals surface area contributed by atoms with Crippen LogP contribution in [0.2, 0.25) is 5.02 Å². The summed E-state index contributed by atoms with van der Waals surface area (Å²) in [6.45, 7) is 0.249. The zero-order chi connectivity index (χ0) is 25.3. The second kappa shape index (κ2) is 9.50. The molecule has 0 saturated heterocycles. The molecule has 1 atom stereocenters. The van der Waals surface area contributed by atoms with E-state index in [-0.39, 0.29) is 18.2 Å². The van der Waals surface area contributed by atoms with Crippen molar-refractivity contribution in [1.29, 1.82) is 0 Å². The molecule has 5 rings (SSSR count). The van der Waals surface area contributed by atoms with Crippen molar-refractivity contribution >= 4 is 39.9 Å². The zero-order valence-electron chi connectivity index (χ0n) is 18.5. The molecule has 10 heteroatoms. The number of nitrogens with one attached hydrogen (secondary N) is 1. The molecule has 1 aliphatic heterocycles. The highest BCUT2D eigenvalue weighted by molar-refractivity contribution is 6.31. The number of hydrogen-bond acceptors (Lipinski definition) is 4. The summed E-state index contributed by atoms with van der Waals surface area (Å²) >= 11 is 6.16. The number of carbonyl (C=O) groups excluding carboxylic acids is 1. The minimum absolute atomic E-state index is 0.249. The fourth-order valence-corrected chi connectivity index (χ4v) is 4.18. The van der Waals surface area contributed by atoms with Gasteiger partial charge >= 0.3 is 12.4 Å². The monoisotopic (exact) mass is 510 g/mol. The van der Waals surface area contributed by atoms with E-state index in [1.54, 1.807) is 12.3 Å². The Balaban J connectivity index is 1.40. The Morgan fingerprint density at radius 1 is 1.03 bits per heavy atom. The number of hydrazone groups is 1.